The first kappa shape index (κ1) is 20.1. The number of hydrogen-bond donors (Lipinski definition) is 1. The highest BCUT2D eigenvalue weighted by Crippen LogP contribution is 2.25. The summed E-state index contributed by atoms with van der Waals surface area (Å²) in [5.74, 6) is -0.433. The lowest BCUT2D eigenvalue weighted by Gasteiger charge is -2.26. The van der Waals surface area contributed by atoms with Crippen molar-refractivity contribution < 1.29 is 17.9 Å². The molecule has 1 amide bonds. The van der Waals surface area contributed by atoms with Gasteiger partial charge in [-0.05, 0) is 35.9 Å². The summed E-state index contributed by atoms with van der Waals surface area (Å²) < 4.78 is 31.5. The van der Waals surface area contributed by atoms with E-state index in [2.05, 4.69) is 5.32 Å². The van der Waals surface area contributed by atoms with Gasteiger partial charge in [0.25, 0.3) is 5.91 Å². The molecule has 6 nitrogen and oxygen atoms in total. The van der Waals surface area contributed by atoms with Gasteiger partial charge in [0.1, 0.15) is 0 Å². The molecule has 1 aliphatic heterocycles. The van der Waals surface area contributed by atoms with Crippen LogP contribution in [-0.2, 0) is 20.5 Å². The quantitative estimate of drug-likeness (QED) is 0.791. The SMILES string of the molecule is O=C(Nc1ccc(Cl)c(Cl)c1)c1ccc(CS(=O)(=O)N2CCOCC2)cc1. The Balaban J connectivity index is 1.65. The second-order valence-corrected chi connectivity index (χ2v) is 8.83. The van der Waals surface area contributed by atoms with E-state index in [1.54, 1.807) is 42.5 Å². The van der Waals surface area contributed by atoms with Crippen LogP contribution < -0.4 is 5.32 Å². The lowest BCUT2D eigenvalue weighted by Crippen LogP contribution is -2.41. The minimum atomic E-state index is -3.40. The summed E-state index contributed by atoms with van der Waals surface area (Å²) >= 11 is 11.8. The zero-order chi connectivity index (χ0) is 19.4. The maximum Gasteiger partial charge on any atom is 0.255 e. The van der Waals surface area contributed by atoms with Crippen molar-refractivity contribution in [2.45, 2.75) is 5.75 Å². The lowest BCUT2D eigenvalue weighted by molar-refractivity contribution is 0.0729. The van der Waals surface area contributed by atoms with Crippen LogP contribution in [0.15, 0.2) is 42.5 Å². The fourth-order valence-electron chi connectivity index (χ4n) is 2.66. The average molecular weight is 429 g/mol. The van der Waals surface area contributed by atoms with Crippen LogP contribution in [0.25, 0.3) is 0 Å². The van der Waals surface area contributed by atoms with E-state index in [9.17, 15) is 13.2 Å². The molecular formula is C18H18Cl2N2O4S. The van der Waals surface area contributed by atoms with Gasteiger partial charge >= 0.3 is 0 Å². The molecule has 1 saturated heterocycles. The Morgan fingerprint density at radius 3 is 2.33 bits per heavy atom. The predicted molar refractivity (Wildman–Crippen MR) is 106 cm³/mol. The largest absolute Gasteiger partial charge is 0.379 e. The zero-order valence-corrected chi connectivity index (χ0v) is 16.6. The second kappa shape index (κ2) is 8.58. The number of carbonyl (C=O) groups is 1. The van der Waals surface area contributed by atoms with Gasteiger partial charge in [0, 0.05) is 24.3 Å². The molecule has 3 rings (SSSR count). The number of halogens is 2. The standard InChI is InChI=1S/C18H18Cl2N2O4S/c19-16-6-5-15(11-17(16)20)21-18(23)14-3-1-13(2-4-14)12-27(24,25)22-7-9-26-10-8-22/h1-6,11H,7-10,12H2,(H,21,23). The molecule has 0 radical (unpaired) electrons. The Labute approximate surface area is 168 Å². The van der Waals surface area contributed by atoms with Crippen molar-refractivity contribution in [3.8, 4) is 0 Å². The number of amides is 1. The van der Waals surface area contributed by atoms with Crippen LogP contribution in [0, 0.1) is 0 Å². The molecule has 1 aliphatic rings. The van der Waals surface area contributed by atoms with E-state index < -0.39 is 10.0 Å². The molecule has 0 saturated carbocycles. The van der Waals surface area contributed by atoms with Crippen molar-refractivity contribution >= 4 is 44.8 Å². The van der Waals surface area contributed by atoms with Crippen molar-refractivity contribution in [1.82, 2.24) is 4.31 Å². The van der Waals surface area contributed by atoms with Gasteiger partial charge in [0.2, 0.25) is 10.0 Å². The van der Waals surface area contributed by atoms with Crippen LogP contribution in [0.3, 0.4) is 0 Å². The van der Waals surface area contributed by atoms with Gasteiger partial charge in [-0.15, -0.1) is 0 Å². The van der Waals surface area contributed by atoms with E-state index in [1.807, 2.05) is 0 Å². The summed E-state index contributed by atoms with van der Waals surface area (Å²) in [4.78, 5) is 12.3. The Morgan fingerprint density at radius 2 is 1.70 bits per heavy atom. The number of carbonyl (C=O) groups excluding carboxylic acids is 1. The van der Waals surface area contributed by atoms with Gasteiger partial charge in [-0.2, -0.15) is 4.31 Å². The number of ether oxygens (including phenoxy) is 1. The third-order valence-electron chi connectivity index (χ3n) is 4.11. The molecule has 1 heterocycles. The average Bonchev–Trinajstić information content (AvgIpc) is 2.66. The number of morpholine rings is 1. The van der Waals surface area contributed by atoms with E-state index in [0.29, 0.717) is 53.2 Å². The molecule has 2 aromatic carbocycles. The summed E-state index contributed by atoms with van der Waals surface area (Å²) in [6.45, 7) is 1.55. The summed E-state index contributed by atoms with van der Waals surface area (Å²) in [6, 6.07) is 11.3. The number of sulfonamides is 1. The molecule has 0 aromatic heterocycles. The smallest absolute Gasteiger partial charge is 0.255 e. The van der Waals surface area contributed by atoms with E-state index in [1.165, 1.54) is 4.31 Å². The lowest BCUT2D eigenvalue weighted by atomic mass is 10.1. The number of benzene rings is 2. The van der Waals surface area contributed by atoms with Crippen LogP contribution >= 0.6 is 23.2 Å². The number of anilines is 1. The monoisotopic (exact) mass is 428 g/mol. The number of nitrogens with zero attached hydrogens (tertiary/aromatic N) is 1. The van der Waals surface area contributed by atoms with Crippen molar-refractivity contribution in [2.75, 3.05) is 31.6 Å². The van der Waals surface area contributed by atoms with E-state index in [4.69, 9.17) is 27.9 Å². The zero-order valence-electron chi connectivity index (χ0n) is 14.3. The Kier molecular flexibility index (Phi) is 6.39. The first-order valence-electron chi connectivity index (χ1n) is 8.26. The second-order valence-electron chi connectivity index (χ2n) is 6.05. The molecule has 2 aromatic rings. The Hall–Kier alpha value is -1.64. The molecule has 0 aliphatic carbocycles. The first-order valence-corrected chi connectivity index (χ1v) is 10.6. The fraction of sp³-hybridized carbons (Fsp3) is 0.278. The molecule has 0 bridgehead atoms. The van der Waals surface area contributed by atoms with Crippen molar-refractivity contribution in [1.29, 1.82) is 0 Å². The van der Waals surface area contributed by atoms with Crippen molar-refractivity contribution in [2.24, 2.45) is 0 Å². The first-order chi connectivity index (χ1) is 12.8. The molecule has 27 heavy (non-hydrogen) atoms. The third-order valence-corrected chi connectivity index (χ3v) is 6.70. The summed E-state index contributed by atoms with van der Waals surface area (Å²) in [6.07, 6.45) is 0. The minimum Gasteiger partial charge on any atom is -0.379 e. The van der Waals surface area contributed by atoms with Crippen LogP contribution in [0.4, 0.5) is 5.69 Å². The molecule has 1 N–H and O–H groups in total. The maximum atomic E-state index is 12.4. The van der Waals surface area contributed by atoms with Crippen molar-refractivity contribution in [3.63, 3.8) is 0 Å². The Morgan fingerprint density at radius 1 is 1.04 bits per heavy atom. The van der Waals surface area contributed by atoms with E-state index in [-0.39, 0.29) is 11.7 Å². The Bertz CT molecular complexity index is 927. The maximum absolute atomic E-state index is 12.4. The van der Waals surface area contributed by atoms with Crippen LogP contribution in [-0.4, -0.2) is 44.9 Å². The van der Waals surface area contributed by atoms with Crippen LogP contribution in [0.1, 0.15) is 15.9 Å². The van der Waals surface area contributed by atoms with E-state index in [0.717, 1.165) is 0 Å². The molecule has 0 spiro atoms. The topological polar surface area (TPSA) is 75.7 Å². The molecule has 0 unspecified atom stereocenters. The molecule has 1 fully saturated rings. The number of hydrogen-bond acceptors (Lipinski definition) is 4. The van der Waals surface area contributed by atoms with Gasteiger partial charge in [0.15, 0.2) is 0 Å². The van der Waals surface area contributed by atoms with E-state index >= 15 is 0 Å². The van der Waals surface area contributed by atoms with Gasteiger partial charge in [-0.1, -0.05) is 35.3 Å². The predicted octanol–water partition coefficient (Wildman–Crippen LogP) is 3.41. The third kappa shape index (κ3) is 5.21. The molecule has 9 heteroatoms. The number of rotatable bonds is 5. The highest BCUT2D eigenvalue weighted by Gasteiger charge is 2.24. The molecule has 144 valence electrons. The highest BCUT2D eigenvalue weighted by molar-refractivity contribution is 7.88. The minimum absolute atomic E-state index is 0.109. The van der Waals surface area contributed by atoms with Gasteiger partial charge < -0.3 is 10.1 Å². The van der Waals surface area contributed by atoms with Crippen LogP contribution in [0.5, 0.6) is 0 Å². The highest BCUT2D eigenvalue weighted by atomic mass is 35.5. The van der Waals surface area contributed by atoms with Gasteiger partial charge in [0.05, 0.1) is 29.0 Å². The fourth-order valence-corrected chi connectivity index (χ4v) is 4.46. The molecular weight excluding hydrogens is 411 g/mol. The normalized spacial score (nSPS) is 15.5. The molecule has 0 atom stereocenters. The summed E-state index contributed by atoms with van der Waals surface area (Å²) in [5.41, 5.74) is 1.55. The van der Waals surface area contributed by atoms with Gasteiger partial charge in [-0.25, -0.2) is 8.42 Å². The number of nitrogens with one attached hydrogen (secondary N) is 1. The van der Waals surface area contributed by atoms with Crippen molar-refractivity contribution in [3.05, 3.63) is 63.6 Å². The summed E-state index contributed by atoms with van der Waals surface area (Å²) in [5, 5.41) is 3.47. The summed E-state index contributed by atoms with van der Waals surface area (Å²) in [7, 11) is -3.40. The van der Waals surface area contributed by atoms with Crippen LogP contribution in [0.2, 0.25) is 10.0 Å². The van der Waals surface area contributed by atoms with Gasteiger partial charge in [-0.3, -0.25) is 4.79 Å².